The number of nitrogens with one attached hydrogen (secondary N) is 1. The second-order valence-electron chi connectivity index (χ2n) is 4.51. The molecule has 3 nitrogen and oxygen atoms in total. The van der Waals surface area contributed by atoms with Crippen LogP contribution in [0.1, 0.15) is 18.3 Å². The lowest BCUT2D eigenvalue weighted by molar-refractivity contribution is 0.236. The van der Waals surface area contributed by atoms with Gasteiger partial charge in [0.2, 0.25) is 0 Å². The van der Waals surface area contributed by atoms with Gasteiger partial charge in [-0.25, -0.2) is 4.98 Å². The fraction of sp³-hybridized carbons (Fsp3) is 0.357. The van der Waals surface area contributed by atoms with Crippen LogP contribution in [0.15, 0.2) is 30.3 Å². The lowest BCUT2D eigenvalue weighted by Crippen LogP contribution is -2.05. The van der Waals surface area contributed by atoms with E-state index in [9.17, 15) is 0 Å². The molecule has 1 heterocycles. The predicted molar refractivity (Wildman–Crippen MR) is 68.7 cm³/mol. The number of rotatable bonds is 4. The molecule has 0 aliphatic carbocycles. The van der Waals surface area contributed by atoms with Crippen molar-refractivity contribution in [3.8, 4) is 11.4 Å². The third-order valence-corrected chi connectivity index (χ3v) is 2.89. The summed E-state index contributed by atoms with van der Waals surface area (Å²) in [5, 5.41) is 9.07. The van der Waals surface area contributed by atoms with Gasteiger partial charge in [-0.1, -0.05) is 37.3 Å². The molecule has 17 heavy (non-hydrogen) atoms. The standard InChI is InChI=1S/C14H18N2O/c1-10(9-17)8-13-11(2)15-14(16-13)12-6-4-3-5-7-12/h3-7,10,17H,8-9H2,1-2H3,(H,15,16). The van der Waals surface area contributed by atoms with Gasteiger partial charge >= 0.3 is 0 Å². The number of benzene rings is 1. The number of aromatic nitrogens is 2. The number of hydrogen-bond donors (Lipinski definition) is 2. The van der Waals surface area contributed by atoms with Crippen LogP contribution in [0.2, 0.25) is 0 Å². The van der Waals surface area contributed by atoms with Gasteiger partial charge in [-0.15, -0.1) is 0 Å². The molecule has 1 aromatic carbocycles. The number of hydrogen-bond acceptors (Lipinski definition) is 2. The maximum Gasteiger partial charge on any atom is 0.137 e. The number of imidazole rings is 1. The minimum Gasteiger partial charge on any atom is -0.396 e. The lowest BCUT2D eigenvalue weighted by atomic mass is 10.1. The van der Waals surface area contributed by atoms with Crippen molar-refractivity contribution in [2.24, 2.45) is 5.92 Å². The molecule has 2 rings (SSSR count). The highest BCUT2D eigenvalue weighted by Crippen LogP contribution is 2.19. The fourth-order valence-electron chi connectivity index (χ4n) is 1.82. The molecular formula is C14H18N2O. The van der Waals surface area contributed by atoms with E-state index >= 15 is 0 Å². The molecule has 1 unspecified atom stereocenters. The predicted octanol–water partition coefficient (Wildman–Crippen LogP) is 2.56. The topological polar surface area (TPSA) is 48.9 Å². The van der Waals surface area contributed by atoms with Gasteiger partial charge in [-0.3, -0.25) is 0 Å². The van der Waals surface area contributed by atoms with Crippen LogP contribution >= 0.6 is 0 Å². The Morgan fingerprint density at radius 1 is 1.29 bits per heavy atom. The fourth-order valence-corrected chi connectivity index (χ4v) is 1.82. The molecule has 0 spiro atoms. The summed E-state index contributed by atoms with van der Waals surface area (Å²) in [5.41, 5.74) is 3.23. The van der Waals surface area contributed by atoms with Gasteiger partial charge in [-0.05, 0) is 19.3 Å². The van der Waals surface area contributed by atoms with Crippen molar-refractivity contribution in [1.82, 2.24) is 9.97 Å². The summed E-state index contributed by atoms with van der Waals surface area (Å²) in [6.07, 6.45) is 0.811. The van der Waals surface area contributed by atoms with Gasteiger partial charge in [0.05, 0.1) is 5.69 Å². The van der Waals surface area contributed by atoms with Crippen LogP contribution < -0.4 is 0 Å². The Kier molecular flexibility index (Phi) is 3.59. The number of aromatic amines is 1. The van der Waals surface area contributed by atoms with Gasteiger partial charge in [-0.2, -0.15) is 0 Å². The van der Waals surface area contributed by atoms with E-state index in [1.54, 1.807) is 0 Å². The second kappa shape index (κ2) is 5.15. The van der Waals surface area contributed by atoms with Crippen molar-refractivity contribution in [2.45, 2.75) is 20.3 Å². The summed E-state index contributed by atoms with van der Waals surface area (Å²) >= 11 is 0. The Bertz CT molecular complexity index is 476. The average Bonchev–Trinajstić information content (AvgIpc) is 2.72. The molecule has 0 radical (unpaired) electrons. The van der Waals surface area contributed by atoms with Crippen molar-refractivity contribution >= 4 is 0 Å². The molecule has 1 aromatic heterocycles. The zero-order chi connectivity index (χ0) is 12.3. The number of aliphatic hydroxyl groups is 1. The first-order chi connectivity index (χ1) is 8.20. The van der Waals surface area contributed by atoms with E-state index < -0.39 is 0 Å². The molecule has 90 valence electrons. The van der Waals surface area contributed by atoms with Crippen molar-refractivity contribution in [3.05, 3.63) is 41.7 Å². The smallest absolute Gasteiger partial charge is 0.137 e. The summed E-state index contributed by atoms with van der Waals surface area (Å²) in [4.78, 5) is 7.90. The second-order valence-corrected chi connectivity index (χ2v) is 4.51. The normalized spacial score (nSPS) is 12.6. The van der Waals surface area contributed by atoms with Gasteiger partial charge in [0, 0.05) is 17.9 Å². The van der Waals surface area contributed by atoms with E-state index in [0.717, 1.165) is 29.2 Å². The summed E-state index contributed by atoms with van der Waals surface area (Å²) in [6.45, 7) is 4.25. The van der Waals surface area contributed by atoms with Crippen LogP contribution in [-0.4, -0.2) is 21.7 Å². The van der Waals surface area contributed by atoms with E-state index in [1.807, 2.05) is 44.2 Å². The van der Waals surface area contributed by atoms with Crippen molar-refractivity contribution in [1.29, 1.82) is 0 Å². The molecule has 1 atom stereocenters. The van der Waals surface area contributed by atoms with Gasteiger partial charge < -0.3 is 10.1 Å². The van der Waals surface area contributed by atoms with Crippen LogP contribution in [0.3, 0.4) is 0 Å². The molecule has 0 aliphatic rings. The van der Waals surface area contributed by atoms with Crippen LogP contribution in [-0.2, 0) is 6.42 Å². The zero-order valence-electron chi connectivity index (χ0n) is 10.3. The number of aryl methyl sites for hydroxylation is 1. The van der Waals surface area contributed by atoms with Gasteiger partial charge in [0.15, 0.2) is 0 Å². The summed E-state index contributed by atoms with van der Waals surface area (Å²) in [6, 6.07) is 10.1. The maximum absolute atomic E-state index is 9.07. The highest BCUT2D eigenvalue weighted by atomic mass is 16.3. The largest absolute Gasteiger partial charge is 0.396 e. The maximum atomic E-state index is 9.07. The number of H-pyrrole nitrogens is 1. The van der Waals surface area contributed by atoms with E-state index in [-0.39, 0.29) is 12.5 Å². The molecule has 2 aromatic rings. The zero-order valence-corrected chi connectivity index (χ0v) is 10.3. The van der Waals surface area contributed by atoms with E-state index in [4.69, 9.17) is 5.11 Å². The van der Waals surface area contributed by atoms with Crippen LogP contribution in [0, 0.1) is 12.8 Å². The first-order valence-corrected chi connectivity index (χ1v) is 5.92. The molecule has 0 fully saturated rings. The summed E-state index contributed by atoms with van der Waals surface area (Å²) < 4.78 is 0. The Morgan fingerprint density at radius 2 is 2.00 bits per heavy atom. The monoisotopic (exact) mass is 230 g/mol. The Morgan fingerprint density at radius 3 is 2.65 bits per heavy atom. The first-order valence-electron chi connectivity index (χ1n) is 5.92. The van der Waals surface area contributed by atoms with Crippen LogP contribution in [0.5, 0.6) is 0 Å². The molecule has 0 amide bonds. The Balaban J connectivity index is 2.25. The van der Waals surface area contributed by atoms with Crippen molar-refractivity contribution in [2.75, 3.05) is 6.61 Å². The van der Waals surface area contributed by atoms with E-state index in [0.29, 0.717) is 0 Å². The number of nitrogens with zero attached hydrogens (tertiary/aromatic N) is 1. The van der Waals surface area contributed by atoms with Crippen LogP contribution in [0.25, 0.3) is 11.4 Å². The van der Waals surface area contributed by atoms with Crippen molar-refractivity contribution in [3.63, 3.8) is 0 Å². The molecular weight excluding hydrogens is 212 g/mol. The summed E-state index contributed by atoms with van der Waals surface area (Å²) in [5.74, 6) is 1.16. The SMILES string of the molecule is Cc1[nH]c(-c2ccccc2)nc1CC(C)CO. The minimum absolute atomic E-state index is 0.201. The quantitative estimate of drug-likeness (QED) is 0.848. The summed E-state index contributed by atoms with van der Waals surface area (Å²) in [7, 11) is 0. The van der Waals surface area contributed by atoms with Gasteiger partial charge in [0.1, 0.15) is 5.82 Å². The van der Waals surface area contributed by atoms with Crippen molar-refractivity contribution < 1.29 is 5.11 Å². The minimum atomic E-state index is 0.201. The highest BCUT2D eigenvalue weighted by Gasteiger charge is 2.11. The third-order valence-electron chi connectivity index (χ3n) is 2.89. The highest BCUT2D eigenvalue weighted by molar-refractivity contribution is 5.55. The first kappa shape index (κ1) is 11.9. The van der Waals surface area contributed by atoms with E-state index in [2.05, 4.69) is 9.97 Å². The molecule has 3 heteroatoms. The lowest BCUT2D eigenvalue weighted by Gasteiger charge is -2.04. The Labute approximate surface area is 102 Å². The van der Waals surface area contributed by atoms with Gasteiger partial charge in [0.25, 0.3) is 0 Å². The Hall–Kier alpha value is -1.61. The number of aliphatic hydroxyl groups excluding tert-OH is 1. The molecule has 0 saturated carbocycles. The molecule has 0 aliphatic heterocycles. The molecule has 0 saturated heterocycles. The van der Waals surface area contributed by atoms with Crippen LogP contribution in [0.4, 0.5) is 0 Å². The average molecular weight is 230 g/mol. The third kappa shape index (κ3) is 2.74. The molecule has 2 N–H and O–H groups in total. The van der Waals surface area contributed by atoms with E-state index in [1.165, 1.54) is 0 Å². The molecule has 0 bridgehead atoms.